The smallest absolute Gasteiger partial charge is 0.191 e. The highest BCUT2D eigenvalue weighted by Gasteiger charge is 2.31. The lowest BCUT2D eigenvalue weighted by atomic mass is 10.1. The Labute approximate surface area is 143 Å². The summed E-state index contributed by atoms with van der Waals surface area (Å²) < 4.78 is 1.99. The van der Waals surface area contributed by atoms with Crippen LogP contribution in [0.25, 0.3) is 5.65 Å². The Kier molecular flexibility index (Phi) is 4.99. The molecule has 2 unspecified atom stereocenters. The van der Waals surface area contributed by atoms with Gasteiger partial charge in [0.2, 0.25) is 0 Å². The summed E-state index contributed by atoms with van der Waals surface area (Å²) in [5.74, 6) is 2.28. The molecule has 7 heteroatoms. The standard InChI is InChI=1S/C17H27N7/c1-12(2)23-10-13(3)14(11-23)20-17(18-4)19-9-16-22-21-15-7-5-6-8-24(15)16/h5-8,12-14H,9-11H2,1-4H3,(H2,18,19,20). The predicted molar refractivity (Wildman–Crippen MR) is 96.0 cm³/mol. The zero-order chi connectivity index (χ0) is 17.1. The summed E-state index contributed by atoms with van der Waals surface area (Å²) >= 11 is 0. The maximum absolute atomic E-state index is 4.35. The predicted octanol–water partition coefficient (Wildman–Crippen LogP) is 1.12. The van der Waals surface area contributed by atoms with Crippen LogP contribution in [0.5, 0.6) is 0 Å². The summed E-state index contributed by atoms with van der Waals surface area (Å²) in [6, 6.07) is 6.88. The van der Waals surface area contributed by atoms with Gasteiger partial charge in [0.05, 0.1) is 6.54 Å². The van der Waals surface area contributed by atoms with Crippen LogP contribution in [-0.4, -0.2) is 57.7 Å². The minimum atomic E-state index is 0.411. The van der Waals surface area contributed by atoms with E-state index >= 15 is 0 Å². The molecule has 0 spiro atoms. The molecule has 0 radical (unpaired) electrons. The van der Waals surface area contributed by atoms with Crippen molar-refractivity contribution in [2.24, 2.45) is 10.9 Å². The number of aliphatic imine (C=N–C) groups is 1. The molecule has 0 aliphatic carbocycles. The molecule has 24 heavy (non-hydrogen) atoms. The molecule has 1 fully saturated rings. The largest absolute Gasteiger partial charge is 0.352 e. The zero-order valence-electron chi connectivity index (χ0n) is 14.9. The van der Waals surface area contributed by atoms with Crippen LogP contribution < -0.4 is 10.6 Å². The average molecular weight is 329 g/mol. The van der Waals surface area contributed by atoms with Crippen molar-refractivity contribution in [2.75, 3.05) is 20.1 Å². The van der Waals surface area contributed by atoms with Gasteiger partial charge in [0.25, 0.3) is 0 Å². The van der Waals surface area contributed by atoms with Crippen LogP contribution in [0.4, 0.5) is 0 Å². The van der Waals surface area contributed by atoms with Gasteiger partial charge in [-0.05, 0) is 31.9 Å². The van der Waals surface area contributed by atoms with Gasteiger partial charge in [0.15, 0.2) is 17.4 Å². The lowest BCUT2D eigenvalue weighted by Crippen LogP contribution is -2.46. The maximum atomic E-state index is 4.35. The van der Waals surface area contributed by atoms with Gasteiger partial charge in [-0.2, -0.15) is 0 Å². The number of aromatic nitrogens is 3. The molecule has 3 heterocycles. The Morgan fingerprint density at radius 2 is 2.17 bits per heavy atom. The van der Waals surface area contributed by atoms with E-state index in [1.165, 1.54) is 0 Å². The third-order valence-corrected chi connectivity index (χ3v) is 4.71. The van der Waals surface area contributed by atoms with E-state index in [4.69, 9.17) is 0 Å². The Balaban J connectivity index is 1.60. The van der Waals surface area contributed by atoms with Crippen molar-refractivity contribution in [2.45, 2.75) is 39.4 Å². The Morgan fingerprint density at radius 1 is 1.33 bits per heavy atom. The first-order valence-electron chi connectivity index (χ1n) is 8.58. The number of likely N-dealkylation sites (tertiary alicyclic amines) is 1. The first kappa shape index (κ1) is 16.7. The summed E-state index contributed by atoms with van der Waals surface area (Å²) in [6.07, 6.45) is 1.97. The summed E-state index contributed by atoms with van der Waals surface area (Å²) in [6.45, 7) is 9.55. The second-order valence-corrected chi connectivity index (χ2v) is 6.75. The first-order chi connectivity index (χ1) is 11.6. The second kappa shape index (κ2) is 7.17. The summed E-state index contributed by atoms with van der Waals surface area (Å²) in [7, 11) is 1.80. The second-order valence-electron chi connectivity index (χ2n) is 6.75. The van der Waals surface area contributed by atoms with Crippen LogP contribution in [0.2, 0.25) is 0 Å². The lowest BCUT2D eigenvalue weighted by Gasteiger charge is -2.21. The van der Waals surface area contributed by atoms with Gasteiger partial charge in [-0.3, -0.25) is 14.3 Å². The van der Waals surface area contributed by atoms with Crippen LogP contribution in [0.1, 0.15) is 26.6 Å². The van der Waals surface area contributed by atoms with Gasteiger partial charge in [-0.15, -0.1) is 10.2 Å². The van der Waals surface area contributed by atoms with E-state index in [0.717, 1.165) is 30.5 Å². The molecule has 2 N–H and O–H groups in total. The van der Waals surface area contributed by atoms with Crippen molar-refractivity contribution in [3.05, 3.63) is 30.2 Å². The van der Waals surface area contributed by atoms with E-state index in [0.29, 0.717) is 24.5 Å². The van der Waals surface area contributed by atoms with Gasteiger partial charge < -0.3 is 10.6 Å². The molecule has 7 nitrogen and oxygen atoms in total. The van der Waals surface area contributed by atoms with Crippen molar-refractivity contribution in [3.8, 4) is 0 Å². The molecule has 2 atom stereocenters. The normalized spacial score (nSPS) is 22.5. The Morgan fingerprint density at radius 3 is 2.88 bits per heavy atom. The number of guanidine groups is 1. The average Bonchev–Trinajstić information content (AvgIpc) is 3.15. The molecule has 2 aromatic rings. The fraction of sp³-hybridized carbons (Fsp3) is 0.588. The van der Waals surface area contributed by atoms with E-state index in [1.807, 2.05) is 28.8 Å². The van der Waals surface area contributed by atoms with Gasteiger partial charge in [-0.1, -0.05) is 13.0 Å². The SMILES string of the molecule is CN=C(NCc1nnc2ccccn12)NC1CN(C(C)C)CC1C. The number of rotatable bonds is 4. The first-order valence-corrected chi connectivity index (χ1v) is 8.58. The van der Waals surface area contributed by atoms with Crippen LogP contribution in [-0.2, 0) is 6.54 Å². The molecule has 130 valence electrons. The highest BCUT2D eigenvalue weighted by Crippen LogP contribution is 2.18. The number of nitrogens with zero attached hydrogens (tertiary/aromatic N) is 5. The molecular formula is C17H27N7. The Bertz CT molecular complexity index is 706. The Hall–Kier alpha value is -2.15. The highest BCUT2D eigenvalue weighted by atomic mass is 15.3. The van der Waals surface area contributed by atoms with E-state index in [9.17, 15) is 0 Å². The topological polar surface area (TPSA) is 69.8 Å². The van der Waals surface area contributed by atoms with E-state index in [1.54, 1.807) is 7.05 Å². The van der Waals surface area contributed by atoms with Crippen LogP contribution in [0.15, 0.2) is 29.4 Å². The van der Waals surface area contributed by atoms with Crippen molar-refractivity contribution >= 4 is 11.6 Å². The number of nitrogens with one attached hydrogen (secondary N) is 2. The summed E-state index contributed by atoms with van der Waals surface area (Å²) in [5.41, 5.74) is 0.856. The zero-order valence-corrected chi connectivity index (χ0v) is 14.9. The van der Waals surface area contributed by atoms with Crippen LogP contribution in [0.3, 0.4) is 0 Å². The van der Waals surface area contributed by atoms with Gasteiger partial charge in [-0.25, -0.2) is 0 Å². The fourth-order valence-corrected chi connectivity index (χ4v) is 3.16. The van der Waals surface area contributed by atoms with E-state index < -0.39 is 0 Å². The minimum Gasteiger partial charge on any atom is -0.352 e. The molecule has 1 aliphatic heterocycles. The minimum absolute atomic E-state index is 0.411. The van der Waals surface area contributed by atoms with Crippen LogP contribution >= 0.6 is 0 Å². The van der Waals surface area contributed by atoms with E-state index in [-0.39, 0.29) is 0 Å². The van der Waals surface area contributed by atoms with Crippen molar-refractivity contribution < 1.29 is 0 Å². The third kappa shape index (κ3) is 3.51. The molecule has 0 amide bonds. The number of hydrogen-bond acceptors (Lipinski definition) is 4. The molecule has 0 aromatic carbocycles. The number of fused-ring (bicyclic) bond motifs is 1. The van der Waals surface area contributed by atoms with Gasteiger partial charge in [0.1, 0.15) is 0 Å². The summed E-state index contributed by atoms with van der Waals surface area (Å²) in [4.78, 5) is 6.86. The van der Waals surface area contributed by atoms with Crippen molar-refractivity contribution in [3.63, 3.8) is 0 Å². The molecule has 1 aliphatic rings. The molecule has 0 saturated carbocycles. The monoisotopic (exact) mass is 329 g/mol. The van der Waals surface area contributed by atoms with Gasteiger partial charge >= 0.3 is 0 Å². The quantitative estimate of drug-likeness (QED) is 0.650. The number of hydrogen-bond donors (Lipinski definition) is 2. The molecule has 0 bridgehead atoms. The molecule has 1 saturated heterocycles. The van der Waals surface area contributed by atoms with Crippen molar-refractivity contribution in [1.82, 2.24) is 30.1 Å². The third-order valence-electron chi connectivity index (χ3n) is 4.71. The van der Waals surface area contributed by atoms with Gasteiger partial charge in [0, 0.05) is 38.4 Å². The number of pyridine rings is 1. The summed E-state index contributed by atoms with van der Waals surface area (Å²) in [5, 5.41) is 15.3. The molecule has 3 rings (SSSR count). The maximum Gasteiger partial charge on any atom is 0.191 e. The van der Waals surface area contributed by atoms with Crippen LogP contribution in [0, 0.1) is 5.92 Å². The molecular weight excluding hydrogens is 302 g/mol. The van der Waals surface area contributed by atoms with E-state index in [2.05, 4.69) is 51.5 Å². The molecule has 2 aromatic heterocycles. The van der Waals surface area contributed by atoms with Crippen molar-refractivity contribution in [1.29, 1.82) is 0 Å². The lowest BCUT2D eigenvalue weighted by molar-refractivity contribution is 0.265. The highest BCUT2D eigenvalue weighted by molar-refractivity contribution is 5.80. The fourth-order valence-electron chi connectivity index (χ4n) is 3.16.